The highest BCUT2D eigenvalue weighted by Gasteiger charge is 2.11. The van der Waals surface area contributed by atoms with E-state index in [0.717, 1.165) is 5.56 Å². The van der Waals surface area contributed by atoms with Gasteiger partial charge in [0.15, 0.2) is 0 Å². The van der Waals surface area contributed by atoms with Crippen molar-refractivity contribution >= 4 is 31.8 Å². The lowest BCUT2D eigenvalue weighted by Crippen LogP contribution is -2.17. The first-order valence-electron chi connectivity index (χ1n) is 4.58. The van der Waals surface area contributed by atoms with E-state index in [1.165, 1.54) is 0 Å². The number of nitrogens with one attached hydrogen (secondary N) is 1. The summed E-state index contributed by atoms with van der Waals surface area (Å²) in [5.74, 6) is 0.499. The monoisotopic (exact) mass is 292 g/mol. The van der Waals surface area contributed by atoms with Crippen molar-refractivity contribution in [1.29, 1.82) is 0 Å². The second-order valence-electron chi connectivity index (χ2n) is 3.22. The summed E-state index contributed by atoms with van der Waals surface area (Å²) >= 11 is 3.20. The van der Waals surface area contributed by atoms with E-state index in [1.807, 2.05) is 13.8 Å². The molecule has 84 valence electrons. The Hall–Kier alpha value is -0.620. The molecule has 0 amide bonds. The first kappa shape index (κ1) is 12.4. The smallest absolute Gasteiger partial charge is 0.233 e. The molecule has 0 unspecified atom stereocenters. The number of anilines is 1. The first-order valence-corrected chi connectivity index (χ1v) is 7.03. The van der Waals surface area contributed by atoms with E-state index < -0.39 is 10.0 Å². The van der Waals surface area contributed by atoms with Gasteiger partial charge in [0.05, 0.1) is 5.75 Å². The highest BCUT2D eigenvalue weighted by atomic mass is 79.9. The van der Waals surface area contributed by atoms with Crippen LogP contribution in [0.25, 0.3) is 0 Å². The molecule has 4 nitrogen and oxygen atoms in total. The SMILES string of the molecule is CCCS(=O)(=O)Nc1nc(Br)ccc1C. The van der Waals surface area contributed by atoms with E-state index >= 15 is 0 Å². The zero-order chi connectivity index (χ0) is 11.5. The highest BCUT2D eigenvalue weighted by Crippen LogP contribution is 2.17. The van der Waals surface area contributed by atoms with Crippen LogP contribution in [0.2, 0.25) is 0 Å². The van der Waals surface area contributed by atoms with Gasteiger partial charge in [0, 0.05) is 0 Å². The molecule has 0 spiro atoms. The van der Waals surface area contributed by atoms with Crippen LogP contribution < -0.4 is 4.72 Å². The molecule has 0 fully saturated rings. The molecule has 0 saturated carbocycles. The van der Waals surface area contributed by atoms with E-state index in [9.17, 15) is 8.42 Å². The fourth-order valence-corrected chi connectivity index (χ4v) is 2.53. The Bertz CT molecular complexity index is 445. The number of hydrogen-bond acceptors (Lipinski definition) is 3. The van der Waals surface area contributed by atoms with Gasteiger partial charge in [-0.15, -0.1) is 0 Å². The van der Waals surface area contributed by atoms with Crippen LogP contribution in [-0.4, -0.2) is 19.2 Å². The van der Waals surface area contributed by atoms with Gasteiger partial charge in [-0.3, -0.25) is 4.72 Å². The van der Waals surface area contributed by atoms with Gasteiger partial charge in [0.2, 0.25) is 10.0 Å². The molecule has 0 saturated heterocycles. The van der Waals surface area contributed by atoms with Crippen LogP contribution in [0.4, 0.5) is 5.82 Å². The Morgan fingerprint density at radius 1 is 1.47 bits per heavy atom. The van der Waals surface area contributed by atoms with Crippen molar-refractivity contribution < 1.29 is 8.42 Å². The minimum absolute atomic E-state index is 0.112. The van der Waals surface area contributed by atoms with Gasteiger partial charge in [0.1, 0.15) is 10.4 Å². The number of pyridine rings is 1. The lowest BCUT2D eigenvalue weighted by Gasteiger charge is -2.08. The van der Waals surface area contributed by atoms with Gasteiger partial charge in [-0.1, -0.05) is 13.0 Å². The molecule has 1 aromatic rings. The van der Waals surface area contributed by atoms with E-state index in [-0.39, 0.29) is 5.75 Å². The van der Waals surface area contributed by atoms with Crippen LogP contribution in [0.15, 0.2) is 16.7 Å². The fourth-order valence-electron chi connectivity index (χ4n) is 1.08. The molecule has 1 heterocycles. The number of nitrogens with zero attached hydrogens (tertiary/aromatic N) is 1. The molecule has 0 radical (unpaired) electrons. The van der Waals surface area contributed by atoms with Crippen molar-refractivity contribution in [3.05, 3.63) is 22.3 Å². The van der Waals surface area contributed by atoms with E-state index in [2.05, 4.69) is 25.6 Å². The molecule has 0 aromatic carbocycles. The van der Waals surface area contributed by atoms with Gasteiger partial charge in [-0.25, -0.2) is 13.4 Å². The number of hydrogen-bond donors (Lipinski definition) is 1. The maximum absolute atomic E-state index is 11.5. The Balaban J connectivity index is 2.94. The molecule has 6 heteroatoms. The maximum Gasteiger partial charge on any atom is 0.233 e. The normalized spacial score (nSPS) is 11.4. The third-order valence-electron chi connectivity index (χ3n) is 1.79. The average molecular weight is 293 g/mol. The molecular weight excluding hydrogens is 280 g/mol. The highest BCUT2D eigenvalue weighted by molar-refractivity contribution is 9.10. The van der Waals surface area contributed by atoms with Gasteiger partial charge >= 0.3 is 0 Å². The van der Waals surface area contributed by atoms with Crippen LogP contribution in [0.1, 0.15) is 18.9 Å². The summed E-state index contributed by atoms with van der Waals surface area (Å²) in [6, 6.07) is 3.58. The Morgan fingerprint density at radius 3 is 2.73 bits per heavy atom. The quantitative estimate of drug-likeness (QED) is 0.867. The Kier molecular flexibility index (Phi) is 4.10. The van der Waals surface area contributed by atoms with E-state index in [4.69, 9.17) is 0 Å². The molecule has 0 aliphatic heterocycles. The predicted octanol–water partition coefficient (Wildman–Crippen LogP) is 2.30. The number of aryl methyl sites for hydroxylation is 1. The minimum atomic E-state index is -3.26. The number of aromatic nitrogens is 1. The summed E-state index contributed by atoms with van der Waals surface area (Å²) in [6.07, 6.45) is 0.586. The van der Waals surface area contributed by atoms with Crippen molar-refractivity contribution in [3.63, 3.8) is 0 Å². The van der Waals surface area contributed by atoms with Crippen molar-refractivity contribution in [2.75, 3.05) is 10.5 Å². The third kappa shape index (κ3) is 3.79. The molecule has 1 rings (SSSR count). The summed E-state index contributed by atoms with van der Waals surface area (Å²) in [5.41, 5.74) is 0.804. The zero-order valence-electron chi connectivity index (χ0n) is 8.62. The fraction of sp³-hybridized carbons (Fsp3) is 0.444. The number of sulfonamides is 1. The topological polar surface area (TPSA) is 59.1 Å². The average Bonchev–Trinajstić information content (AvgIpc) is 2.10. The second-order valence-corrected chi connectivity index (χ2v) is 5.87. The Morgan fingerprint density at radius 2 is 2.13 bits per heavy atom. The molecular formula is C9H13BrN2O2S. The van der Waals surface area contributed by atoms with Crippen LogP contribution in [0.3, 0.4) is 0 Å². The van der Waals surface area contributed by atoms with Crippen LogP contribution in [0, 0.1) is 6.92 Å². The molecule has 0 bridgehead atoms. The Labute approximate surface area is 98.3 Å². The predicted molar refractivity (Wildman–Crippen MR) is 64.4 cm³/mol. The van der Waals surface area contributed by atoms with Gasteiger partial charge in [-0.2, -0.15) is 0 Å². The summed E-state index contributed by atoms with van der Waals surface area (Å²) in [7, 11) is -3.26. The largest absolute Gasteiger partial charge is 0.267 e. The number of rotatable bonds is 4. The maximum atomic E-state index is 11.5. The molecule has 0 aliphatic rings. The molecule has 1 N–H and O–H groups in total. The summed E-state index contributed by atoms with van der Waals surface area (Å²) in [4.78, 5) is 4.07. The lowest BCUT2D eigenvalue weighted by molar-refractivity contribution is 0.599. The molecule has 1 aromatic heterocycles. The third-order valence-corrected chi connectivity index (χ3v) is 3.68. The van der Waals surface area contributed by atoms with Crippen LogP contribution in [0.5, 0.6) is 0 Å². The minimum Gasteiger partial charge on any atom is -0.267 e. The van der Waals surface area contributed by atoms with E-state index in [0.29, 0.717) is 16.8 Å². The summed E-state index contributed by atoms with van der Waals surface area (Å²) < 4.78 is 26.1. The zero-order valence-corrected chi connectivity index (χ0v) is 11.0. The molecule has 0 atom stereocenters. The number of halogens is 1. The van der Waals surface area contributed by atoms with Crippen LogP contribution >= 0.6 is 15.9 Å². The van der Waals surface area contributed by atoms with Crippen molar-refractivity contribution in [2.45, 2.75) is 20.3 Å². The van der Waals surface area contributed by atoms with Crippen molar-refractivity contribution in [3.8, 4) is 0 Å². The van der Waals surface area contributed by atoms with Gasteiger partial charge in [0.25, 0.3) is 0 Å². The van der Waals surface area contributed by atoms with Gasteiger partial charge < -0.3 is 0 Å². The van der Waals surface area contributed by atoms with Gasteiger partial charge in [-0.05, 0) is 40.9 Å². The molecule has 0 aliphatic carbocycles. The van der Waals surface area contributed by atoms with E-state index in [1.54, 1.807) is 12.1 Å². The second kappa shape index (κ2) is 4.94. The lowest BCUT2D eigenvalue weighted by atomic mass is 10.3. The standard InChI is InChI=1S/C9H13BrN2O2S/c1-3-6-15(13,14)12-9-7(2)4-5-8(10)11-9/h4-5H,3,6H2,1-2H3,(H,11,12). The van der Waals surface area contributed by atoms with Crippen LogP contribution in [-0.2, 0) is 10.0 Å². The summed E-state index contributed by atoms with van der Waals surface area (Å²) in [5, 5.41) is 0. The summed E-state index contributed by atoms with van der Waals surface area (Å²) in [6.45, 7) is 3.63. The van der Waals surface area contributed by atoms with Crippen molar-refractivity contribution in [2.24, 2.45) is 0 Å². The van der Waals surface area contributed by atoms with Crippen molar-refractivity contribution in [1.82, 2.24) is 4.98 Å². The first-order chi connectivity index (χ1) is 6.94. The molecule has 15 heavy (non-hydrogen) atoms.